The van der Waals surface area contributed by atoms with Gasteiger partial charge in [-0.1, -0.05) is 13.0 Å². The minimum absolute atomic E-state index is 0. The summed E-state index contributed by atoms with van der Waals surface area (Å²) in [5, 5.41) is 2.98. The summed E-state index contributed by atoms with van der Waals surface area (Å²) in [6.45, 7) is 3.69. The van der Waals surface area contributed by atoms with E-state index in [1.807, 2.05) is 13.8 Å². The average Bonchev–Trinajstić information content (AvgIpc) is 3.04. The van der Waals surface area contributed by atoms with E-state index < -0.39 is 39.3 Å². The minimum atomic E-state index is -2.68. The average molecular weight is 456 g/mol. The molecule has 0 aliphatic carbocycles. The van der Waals surface area contributed by atoms with Crippen molar-refractivity contribution in [1.29, 1.82) is 0 Å². The molecule has 1 aromatic carbocycles. The molecule has 1 fully saturated rings. The van der Waals surface area contributed by atoms with Crippen molar-refractivity contribution in [3.63, 3.8) is 0 Å². The first-order valence-corrected chi connectivity index (χ1v) is 11.6. The van der Waals surface area contributed by atoms with Crippen molar-refractivity contribution in [2.45, 2.75) is 37.0 Å². The fraction of sp³-hybridized carbons (Fsp3) is 0.429. The molecule has 1 saturated heterocycles. The van der Waals surface area contributed by atoms with Gasteiger partial charge in [-0.05, 0) is 31.0 Å². The third kappa shape index (κ3) is 4.40. The lowest BCUT2D eigenvalue weighted by atomic mass is 9.82. The lowest BCUT2D eigenvalue weighted by Crippen LogP contribution is -2.33. The Balaban J connectivity index is 0.00000363. The van der Waals surface area contributed by atoms with Crippen molar-refractivity contribution < 1.29 is 28.7 Å². The summed E-state index contributed by atoms with van der Waals surface area (Å²) in [5.41, 5.74) is 0.732. The van der Waals surface area contributed by atoms with Crippen LogP contribution in [0.25, 0.3) is 0 Å². The van der Waals surface area contributed by atoms with Crippen LogP contribution in [0.1, 0.15) is 26.8 Å². The molecule has 1 amide bonds. The Hall–Kier alpha value is -2.59. The van der Waals surface area contributed by atoms with Crippen LogP contribution in [0.5, 0.6) is 5.75 Å². The molecule has 7 nitrogen and oxygen atoms in total. The van der Waals surface area contributed by atoms with Crippen LogP contribution in [0.2, 0.25) is 0 Å². The van der Waals surface area contributed by atoms with E-state index >= 15 is 0 Å². The lowest BCUT2D eigenvalue weighted by Gasteiger charge is -2.23. The molecule has 1 aromatic heterocycles. The molecule has 170 valence electrons. The number of nitrogens with zero attached hydrogens (tertiary/aromatic N) is 2. The van der Waals surface area contributed by atoms with E-state index in [4.69, 9.17) is 9.47 Å². The van der Waals surface area contributed by atoms with Crippen molar-refractivity contribution in [2.24, 2.45) is 10.3 Å². The number of nitrogens with one attached hydrogen (secondary N) is 1. The SMILES string of the molecule is CN=[S@@](C)(=O)c1cc(NC(=O)C2OC(C)[C@@H](C)C2c2ccc(F)c(F)c2OC)ccn1.[HH]. The molecule has 10 heteroatoms. The zero-order valence-electron chi connectivity index (χ0n) is 17.9. The molecule has 0 radical (unpaired) electrons. The van der Waals surface area contributed by atoms with E-state index in [-0.39, 0.29) is 24.2 Å². The number of carbonyl (C=O) groups excluding carboxylic acids is 1. The Morgan fingerprint density at radius 1 is 1.32 bits per heavy atom. The summed E-state index contributed by atoms with van der Waals surface area (Å²) in [6.07, 6.45) is 1.60. The monoisotopic (exact) mass is 455 g/mol. The van der Waals surface area contributed by atoms with Gasteiger partial charge in [-0.2, -0.15) is 4.39 Å². The molecule has 0 spiro atoms. The smallest absolute Gasteiger partial charge is 0.254 e. The fourth-order valence-electron chi connectivity index (χ4n) is 3.70. The number of rotatable bonds is 5. The highest BCUT2D eigenvalue weighted by Gasteiger charge is 2.46. The highest BCUT2D eigenvalue weighted by molar-refractivity contribution is 7.92. The van der Waals surface area contributed by atoms with Gasteiger partial charge in [0.25, 0.3) is 5.91 Å². The highest BCUT2D eigenvalue weighted by Crippen LogP contribution is 2.44. The standard InChI is InChI=1S/C21H25F2N3O4S.H2/c1-11-12(2)30-20(17(11)14-6-7-15(22)18(23)19(14)29-4)21(27)26-13-8-9-25-16(10-13)31(5,28)24-3;/h6-12,17,20H,1-5H3,(H,25,26,27);1H/t11-,12?,17?,20?,31+;/m1./s1. The molecule has 1 N–H and O–H groups in total. The maximum absolute atomic E-state index is 14.3. The van der Waals surface area contributed by atoms with Crippen molar-refractivity contribution in [2.75, 3.05) is 25.7 Å². The lowest BCUT2D eigenvalue weighted by molar-refractivity contribution is -0.127. The summed E-state index contributed by atoms with van der Waals surface area (Å²) in [6, 6.07) is 5.47. The van der Waals surface area contributed by atoms with Gasteiger partial charge in [0.05, 0.1) is 22.9 Å². The van der Waals surface area contributed by atoms with Gasteiger partial charge in [-0.15, -0.1) is 0 Å². The van der Waals surface area contributed by atoms with Gasteiger partial charge >= 0.3 is 0 Å². The summed E-state index contributed by atoms with van der Waals surface area (Å²) in [5.74, 6) is -3.59. The van der Waals surface area contributed by atoms with E-state index in [1.165, 1.54) is 38.7 Å². The predicted molar refractivity (Wildman–Crippen MR) is 115 cm³/mol. The molecule has 2 heterocycles. The number of halogens is 2. The summed E-state index contributed by atoms with van der Waals surface area (Å²) < 4.78 is 55.3. The highest BCUT2D eigenvalue weighted by atomic mass is 32.2. The summed E-state index contributed by atoms with van der Waals surface area (Å²) >= 11 is 0. The number of ether oxygens (including phenoxy) is 2. The number of hydrogen-bond acceptors (Lipinski definition) is 6. The third-order valence-corrected chi connectivity index (χ3v) is 7.33. The van der Waals surface area contributed by atoms with E-state index in [0.717, 1.165) is 6.07 Å². The normalized spacial score (nSPS) is 25.0. The van der Waals surface area contributed by atoms with Gasteiger partial charge in [0.1, 0.15) is 11.1 Å². The first-order valence-electron chi connectivity index (χ1n) is 9.65. The van der Waals surface area contributed by atoms with Crippen LogP contribution in [0.4, 0.5) is 14.5 Å². The van der Waals surface area contributed by atoms with Gasteiger partial charge in [0, 0.05) is 38.1 Å². The Labute approximate surface area is 181 Å². The number of benzene rings is 1. The Morgan fingerprint density at radius 2 is 2.03 bits per heavy atom. The second-order valence-electron chi connectivity index (χ2n) is 7.49. The molecular weight excluding hydrogens is 428 g/mol. The Kier molecular flexibility index (Phi) is 6.61. The largest absolute Gasteiger partial charge is 0.493 e. The number of hydrogen-bond donors (Lipinski definition) is 1. The maximum Gasteiger partial charge on any atom is 0.254 e. The summed E-state index contributed by atoms with van der Waals surface area (Å²) in [7, 11) is 0.00757. The number of anilines is 1. The molecule has 0 bridgehead atoms. The zero-order chi connectivity index (χ0) is 22.9. The van der Waals surface area contributed by atoms with Gasteiger partial charge in [-0.25, -0.2) is 17.9 Å². The molecule has 5 atom stereocenters. The number of methoxy groups -OCH3 is 1. The molecular formula is C21H27F2N3O4S. The Bertz CT molecular complexity index is 1120. The minimum Gasteiger partial charge on any atom is -0.493 e. The van der Waals surface area contributed by atoms with E-state index in [2.05, 4.69) is 14.7 Å². The van der Waals surface area contributed by atoms with Crippen LogP contribution in [-0.2, 0) is 19.3 Å². The van der Waals surface area contributed by atoms with Crippen LogP contribution in [-0.4, -0.2) is 47.7 Å². The van der Waals surface area contributed by atoms with Gasteiger partial charge in [0.15, 0.2) is 11.6 Å². The Morgan fingerprint density at radius 3 is 2.68 bits per heavy atom. The van der Waals surface area contributed by atoms with Crippen LogP contribution in [0.15, 0.2) is 39.9 Å². The van der Waals surface area contributed by atoms with Crippen molar-refractivity contribution in [1.82, 2.24) is 4.98 Å². The van der Waals surface area contributed by atoms with Gasteiger partial charge in [-0.3, -0.25) is 4.79 Å². The van der Waals surface area contributed by atoms with Crippen LogP contribution >= 0.6 is 0 Å². The number of amides is 1. The van der Waals surface area contributed by atoms with E-state index in [0.29, 0.717) is 11.3 Å². The fourth-order valence-corrected chi connectivity index (χ4v) is 4.49. The molecule has 3 unspecified atom stereocenters. The van der Waals surface area contributed by atoms with Crippen molar-refractivity contribution in [3.8, 4) is 5.75 Å². The van der Waals surface area contributed by atoms with Crippen LogP contribution in [0, 0.1) is 17.6 Å². The number of pyridine rings is 1. The van der Waals surface area contributed by atoms with E-state index in [9.17, 15) is 17.8 Å². The molecule has 1 aliphatic rings. The van der Waals surface area contributed by atoms with Crippen molar-refractivity contribution >= 4 is 21.3 Å². The van der Waals surface area contributed by atoms with Crippen LogP contribution in [0.3, 0.4) is 0 Å². The number of carbonyl (C=O) groups is 1. The second kappa shape index (κ2) is 8.88. The molecule has 2 aromatic rings. The van der Waals surface area contributed by atoms with Crippen LogP contribution < -0.4 is 10.1 Å². The first kappa shape index (κ1) is 23.1. The maximum atomic E-state index is 14.3. The topological polar surface area (TPSA) is 89.9 Å². The molecule has 3 rings (SSSR count). The first-order chi connectivity index (χ1) is 14.6. The zero-order valence-corrected chi connectivity index (χ0v) is 18.7. The summed E-state index contributed by atoms with van der Waals surface area (Å²) in [4.78, 5) is 17.2. The second-order valence-corrected chi connectivity index (χ2v) is 9.88. The number of aromatic nitrogens is 1. The quantitative estimate of drug-likeness (QED) is 0.740. The van der Waals surface area contributed by atoms with Gasteiger partial charge in [0.2, 0.25) is 5.82 Å². The van der Waals surface area contributed by atoms with Crippen molar-refractivity contribution in [3.05, 3.63) is 47.7 Å². The van der Waals surface area contributed by atoms with E-state index in [1.54, 1.807) is 6.07 Å². The van der Waals surface area contributed by atoms with Gasteiger partial charge < -0.3 is 14.8 Å². The predicted octanol–water partition coefficient (Wildman–Crippen LogP) is 3.85. The molecule has 31 heavy (non-hydrogen) atoms. The molecule has 1 aliphatic heterocycles. The third-order valence-electron chi connectivity index (χ3n) is 5.64. The molecule has 0 saturated carbocycles.